The molecule has 3 rings (SSSR count). The van der Waals surface area contributed by atoms with Crippen LogP contribution in [0.3, 0.4) is 0 Å². The van der Waals surface area contributed by atoms with Crippen LogP contribution in [0.2, 0.25) is 0 Å². The van der Waals surface area contributed by atoms with Gasteiger partial charge in [0.05, 0.1) is 0 Å². The molecule has 1 N–H and O–H groups in total. The number of hydrogen-bond acceptors (Lipinski definition) is 6. The van der Waals surface area contributed by atoms with E-state index in [0.29, 0.717) is 5.82 Å². The van der Waals surface area contributed by atoms with Gasteiger partial charge in [0.1, 0.15) is 11.7 Å². The summed E-state index contributed by atoms with van der Waals surface area (Å²) >= 11 is 0. The topological polar surface area (TPSA) is 90.0 Å². The number of hydrogen-bond donors (Lipinski definition) is 1. The average molecular weight is 248 g/mol. The third-order valence-corrected chi connectivity index (χ3v) is 3.41. The Labute approximate surface area is 103 Å². The zero-order chi connectivity index (χ0) is 12.8. The van der Waals surface area contributed by atoms with Gasteiger partial charge >= 0.3 is 5.97 Å². The normalized spacial score (nSPS) is 38.3. The summed E-state index contributed by atoms with van der Waals surface area (Å²) in [5.74, 6) is 0.0704. The van der Waals surface area contributed by atoms with Gasteiger partial charge in [-0.05, 0) is 32.1 Å². The van der Waals surface area contributed by atoms with E-state index in [1.165, 1.54) is 6.08 Å². The van der Waals surface area contributed by atoms with Gasteiger partial charge in [0.25, 0.3) is 0 Å². The standard InChI is InChI=1S/C11H12N4O3/c1-10-6-4-8(16)18-11(10,2)5-3-7(17-10)9-12-14-15-13-9/h3-7H,1-2H3,(H,12,13,14,15)/t7-,10+,11+/m0/s1. The molecule has 0 amide bonds. The molecule has 18 heavy (non-hydrogen) atoms. The molecule has 1 aromatic rings. The Balaban J connectivity index is 1.99. The number of rotatable bonds is 1. The molecule has 0 spiro atoms. The van der Waals surface area contributed by atoms with Crippen LogP contribution in [0.4, 0.5) is 0 Å². The quantitative estimate of drug-likeness (QED) is 0.573. The Hall–Kier alpha value is -2.02. The molecular weight excluding hydrogens is 236 g/mol. The van der Waals surface area contributed by atoms with Gasteiger partial charge in [-0.2, -0.15) is 5.21 Å². The van der Waals surface area contributed by atoms with E-state index in [1.807, 2.05) is 6.92 Å². The first-order valence-corrected chi connectivity index (χ1v) is 5.55. The predicted molar refractivity (Wildman–Crippen MR) is 59.2 cm³/mol. The molecule has 7 nitrogen and oxygen atoms in total. The van der Waals surface area contributed by atoms with E-state index in [2.05, 4.69) is 20.6 Å². The van der Waals surface area contributed by atoms with Crippen LogP contribution >= 0.6 is 0 Å². The number of fused-ring (bicyclic) bond motifs is 1. The summed E-state index contributed by atoms with van der Waals surface area (Å²) in [7, 11) is 0. The first-order chi connectivity index (χ1) is 8.52. The summed E-state index contributed by atoms with van der Waals surface area (Å²) in [6, 6.07) is 0. The van der Waals surface area contributed by atoms with Crippen LogP contribution in [0.5, 0.6) is 0 Å². The molecule has 0 aliphatic carbocycles. The number of ether oxygens (including phenoxy) is 2. The van der Waals surface area contributed by atoms with E-state index in [4.69, 9.17) is 9.47 Å². The fourth-order valence-electron chi connectivity index (χ4n) is 2.10. The molecule has 0 unspecified atom stereocenters. The third kappa shape index (κ3) is 1.47. The highest BCUT2D eigenvalue weighted by Gasteiger charge is 2.51. The fourth-order valence-corrected chi connectivity index (χ4v) is 2.10. The van der Waals surface area contributed by atoms with Gasteiger partial charge < -0.3 is 9.47 Å². The van der Waals surface area contributed by atoms with Crippen molar-refractivity contribution in [3.05, 3.63) is 30.1 Å². The van der Waals surface area contributed by atoms with E-state index in [0.717, 1.165) is 0 Å². The van der Waals surface area contributed by atoms with Crippen molar-refractivity contribution in [3.8, 4) is 0 Å². The van der Waals surface area contributed by atoms with E-state index in [1.54, 1.807) is 25.2 Å². The van der Waals surface area contributed by atoms with Crippen LogP contribution in [0.25, 0.3) is 0 Å². The Morgan fingerprint density at radius 2 is 2.17 bits per heavy atom. The molecule has 7 heteroatoms. The molecule has 94 valence electrons. The SMILES string of the molecule is C[C@@]12C=C[C@@H](c3nn[nH]n3)O[C@]1(C)C=CC(=O)O2. The van der Waals surface area contributed by atoms with Crippen LogP contribution in [0.1, 0.15) is 25.8 Å². The predicted octanol–water partition coefficient (Wildman–Crippen LogP) is 0.458. The minimum absolute atomic E-state index is 0.374. The van der Waals surface area contributed by atoms with Crippen LogP contribution in [-0.2, 0) is 14.3 Å². The second-order valence-corrected chi connectivity index (χ2v) is 4.64. The van der Waals surface area contributed by atoms with E-state index >= 15 is 0 Å². The molecule has 0 saturated carbocycles. The number of carbonyl (C=O) groups is 1. The second kappa shape index (κ2) is 3.49. The Morgan fingerprint density at radius 1 is 1.33 bits per heavy atom. The summed E-state index contributed by atoms with van der Waals surface area (Å²) in [5, 5.41) is 13.7. The molecule has 0 bridgehead atoms. The van der Waals surface area contributed by atoms with Crippen LogP contribution in [0.15, 0.2) is 24.3 Å². The maximum atomic E-state index is 11.3. The van der Waals surface area contributed by atoms with Crippen LogP contribution < -0.4 is 0 Å². The minimum atomic E-state index is -0.820. The highest BCUT2D eigenvalue weighted by Crippen LogP contribution is 2.42. The van der Waals surface area contributed by atoms with Crippen molar-refractivity contribution < 1.29 is 14.3 Å². The van der Waals surface area contributed by atoms with Gasteiger partial charge in [-0.25, -0.2) is 4.79 Å². The number of aromatic nitrogens is 4. The monoisotopic (exact) mass is 248 g/mol. The van der Waals surface area contributed by atoms with Gasteiger partial charge in [-0.3, -0.25) is 0 Å². The van der Waals surface area contributed by atoms with Gasteiger partial charge in [-0.15, -0.1) is 10.2 Å². The minimum Gasteiger partial charge on any atom is -0.449 e. The summed E-state index contributed by atoms with van der Waals surface area (Å²) in [6.45, 7) is 3.66. The van der Waals surface area contributed by atoms with Crippen molar-refractivity contribution in [1.29, 1.82) is 0 Å². The molecule has 0 radical (unpaired) electrons. The lowest BCUT2D eigenvalue weighted by Crippen LogP contribution is -2.56. The number of nitrogens with zero attached hydrogens (tertiary/aromatic N) is 3. The van der Waals surface area contributed by atoms with Crippen molar-refractivity contribution in [2.75, 3.05) is 0 Å². The number of carbonyl (C=O) groups excluding carboxylic acids is 1. The molecule has 0 fully saturated rings. The van der Waals surface area contributed by atoms with Gasteiger partial charge in [0.2, 0.25) is 5.82 Å². The van der Waals surface area contributed by atoms with Crippen molar-refractivity contribution >= 4 is 5.97 Å². The van der Waals surface area contributed by atoms with Gasteiger partial charge in [0, 0.05) is 6.08 Å². The lowest BCUT2D eigenvalue weighted by molar-refractivity contribution is -0.190. The third-order valence-electron chi connectivity index (χ3n) is 3.41. The molecule has 0 saturated heterocycles. The summed E-state index contributed by atoms with van der Waals surface area (Å²) in [5.41, 5.74) is -1.57. The highest BCUT2D eigenvalue weighted by molar-refractivity contribution is 5.84. The molecule has 1 aromatic heterocycles. The molecular formula is C11H12N4O3. The lowest BCUT2D eigenvalue weighted by atomic mass is 9.81. The van der Waals surface area contributed by atoms with E-state index in [9.17, 15) is 4.79 Å². The van der Waals surface area contributed by atoms with Crippen molar-refractivity contribution in [1.82, 2.24) is 20.6 Å². The number of H-pyrrole nitrogens is 1. The smallest absolute Gasteiger partial charge is 0.331 e. The molecule has 0 aromatic carbocycles. The number of aromatic amines is 1. The summed E-state index contributed by atoms with van der Waals surface area (Å²) in [4.78, 5) is 11.3. The zero-order valence-corrected chi connectivity index (χ0v) is 9.95. The number of tetrazole rings is 1. The summed E-state index contributed by atoms with van der Waals surface area (Å²) < 4.78 is 11.3. The molecule has 3 atom stereocenters. The molecule has 2 aliphatic heterocycles. The van der Waals surface area contributed by atoms with Gasteiger partial charge in [-0.1, -0.05) is 5.21 Å². The maximum absolute atomic E-state index is 11.3. The van der Waals surface area contributed by atoms with Gasteiger partial charge in [0.15, 0.2) is 5.60 Å². The van der Waals surface area contributed by atoms with Crippen molar-refractivity contribution in [2.45, 2.75) is 31.2 Å². The van der Waals surface area contributed by atoms with Crippen molar-refractivity contribution in [3.63, 3.8) is 0 Å². The number of esters is 1. The zero-order valence-electron chi connectivity index (χ0n) is 9.95. The van der Waals surface area contributed by atoms with E-state index < -0.39 is 17.3 Å². The molecule has 2 aliphatic rings. The van der Waals surface area contributed by atoms with Crippen molar-refractivity contribution in [2.24, 2.45) is 0 Å². The lowest BCUT2D eigenvalue weighted by Gasteiger charge is -2.47. The summed E-state index contributed by atoms with van der Waals surface area (Å²) in [6.07, 6.45) is 6.23. The van der Waals surface area contributed by atoms with Crippen LogP contribution in [0, 0.1) is 0 Å². The highest BCUT2D eigenvalue weighted by atomic mass is 16.6. The first kappa shape index (κ1) is 11.1. The maximum Gasteiger partial charge on any atom is 0.331 e. The first-order valence-electron chi connectivity index (χ1n) is 5.55. The largest absolute Gasteiger partial charge is 0.449 e. The van der Waals surface area contributed by atoms with E-state index in [-0.39, 0.29) is 5.97 Å². The number of nitrogens with one attached hydrogen (secondary N) is 1. The Morgan fingerprint density at radius 3 is 2.89 bits per heavy atom. The Bertz CT molecular complexity index is 538. The van der Waals surface area contributed by atoms with Crippen LogP contribution in [-0.4, -0.2) is 37.8 Å². The fraction of sp³-hybridized carbons (Fsp3) is 0.455. The Kier molecular flexibility index (Phi) is 2.15. The molecule has 3 heterocycles. The average Bonchev–Trinajstić information content (AvgIpc) is 2.83. The second-order valence-electron chi connectivity index (χ2n) is 4.64.